The molecule has 0 aliphatic carbocycles. The summed E-state index contributed by atoms with van der Waals surface area (Å²) in [5.74, 6) is 0.691. The molecule has 0 fully saturated rings. The van der Waals surface area contributed by atoms with Crippen LogP contribution in [0.25, 0.3) is 11.0 Å². The van der Waals surface area contributed by atoms with Crippen LogP contribution in [0.1, 0.15) is 24.7 Å². The lowest BCUT2D eigenvalue weighted by atomic mass is 10.2. The molecule has 0 saturated carbocycles. The molecule has 0 unspecified atom stereocenters. The maximum atomic E-state index is 10.9. The Labute approximate surface area is 140 Å². The summed E-state index contributed by atoms with van der Waals surface area (Å²) in [6, 6.07) is 15.7. The number of ether oxygens (including phenoxy) is 1. The maximum Gasteiger partial charge on any atom is 0.305 e. The van der Waals surface area contributed by atoms with Gasteiger partial charge >= 0.3 is 5.97 Å². The van der Waals surface area contributed by atoms with Crippen LogP contribution in [-0.4, -0.2) is 20.6 Å². The van der Waals surface area contributed by atoms with Gasteiger partial charge in [-0.25, -0.2) is 4.98 Å². The third-order valence-corrected chi connectivity index (χ3v) is 3.98. The van der Waals surface area contributed by atoms with Gasteiger partial charge in [0.25, 0.3) is 0 Å². The summed E-state index contributed by atoms with van der Waals surface area (Å²) in [5, 5.41) is 8.97. The van der Waals surface area contributed by atoms with Crippen molar-refractivity contribution in [1.29, 1.82) is 0 Å². The number of fused-ring (bicyclic) bond motifs is 1. The third kappa shape index (κ3) is 3.56. The Balaban J connectivity index is 1.81. The molecule has 0 aliphatic heterocycles. The van der Waals surface area contributed by atoms with Crippen molar-refractivity contribution in [2.75, 3.05) is 0 Å². The smallest absolute Gasteiger partial charge is 0.305 e. The molecule has 1 heterocycles. The van der Waals surface area contributed by atoms with Gasteiger partial charge in [0.05, 0.1) is 17.5 Å². The van der Waals surface area contributed by atoms with Gasteiger partial charge in [0.1, 0.15) is 18.2 Å². The van der Waals surface area contributed by atoms with Crippen molar-refractivity contribution in [3.63, 3.8) is 0 Å². The molecular weight excluding hydrogens is 304 g/mol. The molecule has 2 aromatic carbocycles. The highest BCUT2D eigenvalue weighted by Crippen LogP contribution is 2.19. The first-order chi connectivity index (χ1) is 11.7. The molecule has 0 radical (unpaired) electrons. The predicted octanol–water partition coefficient (Wildman–Crippen LogP) is 3.65. The Morgan fingerprint density at radius 2 is 1.92 bits per heavy atom. The average Bonchev–Trinajstić information content (AvgIpc) is 2.96. The van der Waals surface area contributed by atoms with Gasteiger partial charge in [0.15, 0.2) is 0 Å². The van der Waals surface area contributed by atoms with Crippen LogP contribution < -0.4 is 4.74 Å². The van der Waals surface area contributed by atoms with E-state index in [0.29, 0.717) is 13.2 Å². The fourth-order valence-corrected chi connectivity index (χ4v) is 2.66. The van der Waals surface area contributed by atoms with Crippen LogP contribution in [0.5, 0.6) is 5.75 Å². The number of aromatic nitrogens is 2. The molecule has 0 spiro atoms. The SMILES string of the molecule is CCc1ccc(OCc2nc3ccccc3n2CCC(=O)O)cc1. The number of imidazole rings is 1. The summed E-state index contributed by atoms with van der Waals surface area (Å²) < 4.78 is 7.76. The van der Waals surface area contributed by atoms with Crippen molar-refractivity contribution < 1.29 is 14.6 Å². The molecule has 0 aliphatic rings. The summed E-state index contributed by atoms with van der Waals surface area (Å²) in [7, 11) is 0. The lowest BCUT2D eigenvalue weighted by Crippen LogP contribution is -2.10. The third-order valence-electron chi connectivity index (χ3n) is 3.98. The largest absolute Gasteiger partial charge is 0.486 e. The highest BCUT2D eigenvalue weighted by Gasteiger charge is 2.12. The normalized spacial score (nSPS) is 10.9. The van der Waals surface area contributed by atoms with Crippen molar-refractivity contribution >= 4 is 17.0 Å². The highest BCUT2D eigenvalue weighted by atomic mass is 16.5. The zero-order valence-electron chi connectivity index (χ0n) is 13.6. The minimum Gasteiger partial charge on any atom is -0.486 e. The van der Waals surface area contributed by atoms with Gasteiger partial charge in [-0.2, -0.15) is 0 Å². The first-order valence-corrected chi connectivity index (χ1v) is 8.05. The number of carboxylic acids is 1. The van der Waals surface area contributed by atoms with Gasteiger partial charge in [-0.05, 0) is 36.2 Å². The van der Waals surface area contributed by atoms with E-state index in [4.69, 9.17) is 9.84 Å². The number of aliphatic carboxylic acids is 1. The fraction of sp³-hybridized carbons (Fsp3) is 0.263. The average molecular weight is 324 g/mol. The van der Waals surface area contributed by atoms with E-state index < -0.39 is 5.97 Å². The molecule has 0 saturated heterocycles. The molecule has 3 aromatic rings. The van der Waals surface area contributed by atoms with E-state index >= 15 is 0 Å². The van der Waals surface area contributed by atoms with E-state index in [1.54, 1.807) is 0 Å². The van der Waals surface area contributed by atoms with E-state index in [9.17, 15) is 4.79 Å². The highest BCUT2D eigenvalue weighted by molar-refractivity contribution is 5.76. The Bertz CT molecular complexity index is 837. The standard InChI is InChI=1S/C19H20N2O3/c1-2-14-7-9-15(10-8-14)24-13-18-20-16-5-3-4-6-17(16)21(18)12-11-19(22)23/h3-10H,2,11-13H2,1H3,(H,22,23). The quantitative estimate of drug-likeness (QED) is 0.720. The molecule has 0 bridgehead atoms. The number of para-hydroxylation sites is 2. The van der Waals surface area contributed by atoms with Crippen LogP contribution in [-0.2, 0) is 24.4 Å². The second kappa shape index (κ2) is 7.17. The Kier molecular flexibility index (Phi) is 4.79. The minimum absolute atomic E-state index is 0.0541. The molecular formula is C19H20N2O3. The summed E-state index contributed by atoms with van der Waals surface area (Å²) in [5.41, 5.74) is 3.04. The van der Waals surface area contributed by atoms with Gasteiger partial charge in [-0.3, -0.25) is 4.79 Å². The first-order valence-electron chi connectivity index (χ1n) is 8.05. The van der Waals surface area contributed by atoms with Gasteiger partial charge in [-0.1, -0.05) is 31.2 Å². The number of nitrogens with zero attached hydrogens (tertiary/aromatic N) is 2. The van der Waals surface area contributed by atoms with E-state index in [1.165, 1.54) is 5.56 Å². The molecule has 1 aromatic heterocycles. The second-order valence-corrected chi connectivity index (χ2v) is 5.60. The van der Waals surface area contributed by atoms with Crippen molar-refractivity contribution in [2.24, 2.45) is 0 Å². The number of hydrogen-bond donors (Lipinski definition) is 1. The van der Waals surface area contributed by atoms with Gasteiger partial charge in [-0.15, -0.1) is 0 Å². The molecule has 3 rings (SSSR count). The number of hydrogen-bond acceptors (Lipinski definition) is 3. The molecule has 124 valence electrons. The van der Waals surface area contributed by atoms with E-state index in [1.807, 2.05) is 53.1 Å². The Morgan fingerprint density at radius 3 is 2.62 bits per heavy atom. The molecule has 1 N–H and O–H groups in total. The van der Waals surface area contributed by atoms with Crippen molar-refractivity contribution in [3.05, 3.63) is 59.9 Å². The summed E-state index contributed by atoms with van der Waals surface area (Å²) in [4.78, 5) is 15.5. The van der Waals surface area contributed by atoms with Crippen LogP contribution >= 0.6 is 0 Å². The summed E-state index contributed by atoms with van der Waals surface area (Å²) in [6.07, 6.45) is 1.05. The molecule has 5 nitrogen and oxygen atoms in total. The van der Waals surface area contributed by atoms with Crippen molar-refractivity contribution in [2.45, 2.75) is 32.9 Å². The Morgan fingerprint density at radius 1 is 1.17 bits per heavy atom. The van der Waals surface area contributed by atoms with E-state index in [0.717, 1.165) is 29.0 Å². The van der Waals surface area contributed by atoms with Gasteiger partial charge < -0.3 is 14.4 Å². The van der Waals surface area contributed by atoms with Crippen LogP contribution in [0.3, 0.4) is 0 Å². The van der Waals surface area contributed by atoms with Gasteiger partial charge in [0, 0.05) is 6.54 Å². The zero-order chi connectivity index (χ0) is 16.9. The number of rotatable bonds is 7. The topological polar surface area (TPSA) is 64.4 Å². The number of carbonyl (C=O) groups is 1. The Hall–Kier alpha value is -2.82. The second-order valence-electron chi connectivity index (χ2n) is 5.60. The maximum absolute atomic E-state index is 10.9. The van der Waals surface area contributed by atoms with E-state index in [2.05, 4.69) is 11.9 Å². The fourth-order valence-electron chi connectivity index (χ4n) is 2.66. The number of carboxylic acid groups (broad SMARTS) is 1. The number of benzene rings is 2. The van der Waals surface area contributed by atoms with Gasteiger partial charge in [0.2, 0.25) is 0 Å². The molecule has 24 heavy (non-hydrogen) atoms. The number of aryl methyl sites for hydroxylation is 2. The monoisotopic (exact) mass is 324 g/mol. The molecule has 0 amide bonds. The first kappa shape index (κ1) is 16.1. The zero-order valence-corrected chi connectivity index (χ0v) is 13.6. The summed E-state index contributed by atoms with van der Waals surface area (Å²) >= 11 is 0. The van der Waals surface area contributed by atoms with Crippen molar-refractivity contribution in [3.8, 4) is 5.75 Å². The lowest BCUT2D eigenvalue weighted by molar-refractivity contribution is -0.137. The predicted molar refractivity (Wildman–Crippen MR) is 92.1 cm³/mol. The van der Waals surface area contributed by atoms with Crippen LogP contribution in [0.15, 0.2) is 48.5 Å². The van der Waals surface area contributed by atoms with Crippen LogP contribution in [0.4, 0.5) is 0 Å². The van der Waals surface area contributed by atoms with E-state index in [-0.39, 0.29) is 6.42 Å². The molecule has 0 atom stereocenters. The van der Waals surface area contributed by atoms with Crippen LogP contribution in [0.2, 0.25) is 0 Å². The van der Waals surface area contributed by atoms with Crippen LogP contribution in [0, 0.1) is 0 Å². The molecule has 5 heteroatoms. The minimum atomic E-state index is -0.824. The lowest BCUT2D eigenvalue weighted by Gasteiger charge is -2.10. The van der Waals surface area contributed by atoms with Crippen molar-refractivity contribution in [1.82, 2.24) is 9.55 Å². The summed E-state index contributed by atoms with van der Waals surface area (Å²) in [6.45, 7) is 2.80.